The highest BCUT2D eigenvalue weighted by atomic mass is 16.5. The van der Waals surface area contributed by atoms with Gasteiger partial charge in [0.15, 0.2) is 0 Å². The second-order valence-electron chi connectivity index (χ2n) is 15.8. The van der Waals surface area contributed by atoms with Crippen LogP contribution in [0.3, 0.4) is 0 Å². The Labute approximate surface area is 276 Å². The van der Waals surface area contributed by atoms with E-state index in [0.29, 0.717) is 38.9 Å². The Kier molecular flexibility index (Phi) is 10.3. The largest absolute Gasteiger partial charge is 0.394 e. The maximum Gasteiger partial charge on any atom is 0.249 e. The summed E-state index contributed by atoms with van der Waals surface area (Å²) in [5.74, 6) is -2.33. The van der Waals surface area contributed by atoms with Gasteiger partial charge < -0.3 is 24.5 Å². The van der Waals surface area contributed by atoms with E-state index < -0.39 is 40.7 Å². The molecule has 3 aliphatic heterocycles. The summed E-state index contributed by atoms with van der Waals surface area (Å²) < 4.78 is 7.05. The third-order valence-electron chi connectivity index (χ3n) is 10.6. The Morgan fingerprint density at radius 1 is 1.11 bits per heavy atom. The first-order chi connectivity index (χ1) is 21.5. The minimum absolute atomic E-state index is 0.0775. The van der Waals surface area contributed by atoms with Crippen molar-refractivity contribution in [2.24, 2.45) is 23.2 Å². The number of carbonyl (C=O) groups is 3. The summed E-state index contributed by atoms with van der Waals surface area (Å²) in [6.45, 7) is 25.3. The topological polar surface area (TPSA) is 90.4 Å². The molecule has 3 fully saturated rings. The van der Waals surface area contributed by atoms with Crippen molar-refractivity contribution in [3.8, 4) is 0 Å². The van der Waals surface area contributed by atoms with E-state index in [0.717, 1.165) is 12.0 Å². The molecule has 2 bridgehead atoms. The molecule has 3 unspecified atom stereocenters. The van der Waals surface area contributed by atoms with Crippen LogP contribution in [0.25, 0.3) is 0 Å². The smallest absolute Gasteiger partial charge is 0.249 e. The van der Waals surface area contributed by atoms with E-state index in [4.69, 9.17) is 4.74 Å². The van der Waals surface area contributed by atoms with Crippen molar-refractivity contribution in [1.82, 2.24) is 14.7 Å². The van der Waals surface area contributed by atoms with E-state index in [9.17, 15) is 14.7 Å². The van der Waals surface area contributed by atoms with E-state index in [-0.39, 0.29) is 35.7 Å². The number of fused-ring (bicyclic) bond motifs is 1. The zero-order valence-corrected chi connectivity index (χ0v) is 29.4. The van der Waals surface area contributed by atoms with Gasteiger partial charge >= 0.3 is 0 Å². The van der Waals surface area contributed by atoms with Gasteiger partial charge in [0.2, 0.25) is 17.7 Å². The predicted molar refractivity (Wildman–Crippen MR) is 182 cm³/mol. The minimum atomic E-state index is -1.21. The van der Waals surface area contributed by atoms with Crippen molar-refractivity contribution in [1.29, 1.82) is 0 Å². The summed E-state index contributed by atoms with van der Waals surface area (Å²) in [7, 11) is 0. The number of aliphatic hydroxyl groups is 1. The van der Waals surface area contributed by atoms with E-state index in [2.05, 4.69) is 54.7 Å². The Bertz CT molecular complexity index is 1300. The van der Waals surface area contributed by atoms with Crippen LogP contribution in [0.4, 0.5) is 0 Å². The number of aliphatic hydroxyl groups excluding tert-OH is 1. The highest BCUT2D eigenvalue weighted by Crippen LogP contribution is 2.66. The van der Waals surface area contributed by atoms with Crippen LogP contribution in [0.5, 0.6) is 0 Å². The number of nitrogens with zero attached hydrogens (tertiary/aromatic N) is 3. The summed E-state index contributed by atoms with van der Waals surface area (Å²) in [5.41, 5.74) is -1.84. The lowest BCUT2D eigenvalue weighted by Gasteiger charge is -2.46. The highest BCUT2D eigenvalue weighted by molar-refractivity contribution is 5.99. The first-order valence-corrected chi connectivity index (χ1v) is 17.0. The van der Waals surface area contributed by atoms with E-state index in [1.165, 1.54) is 0 Å². The number of hydrogen-bond acceptors (Lipinski definition) is 5. The van der Waals surface area contributed by atoms with Crippen molar-refractivity contribution in [2.75, 3.05) is 26.2 Å². The standard InChI is InChI=1S/C38H57N3O5/c1-11-19-39(20-12-2)32(43)29-30-33(44)41(28(24-42)22-27-17-15-14-16-18-27)31(38(30)23-26(4)37(29,10)46-38)34(45)40(21-13-3)36(8,9)25-35(5,6)7/h11,13-18,26,28-31,42H,1,3,12,19-25H2,2,4-10H3/t26?,28-,29+,30+,31?,37-,38?/m1/s1. The van der Waals surface area contributed by atoms with Crippen LogP contribution in [0.1, 0.15) is 80.2 Å². The Morgan fingerprint density at radius 3 is 2.28 bits per heavy atom. The molecule has 0 saturated carbocycles. The van der Waals surface area contributed by atoms with Crippen LogP contribution in [0.15, 0.2) is 55.6 Å². The van der Waals surface area contributed by atoms with Gasteiger partial charge in [-0.15, -0.1) is 13.2 Å². The molecule has 3 amide bonds. The van der Waals surface area contributed by atoms with E-state index in [1.807, 2.05) is 49.1 Å². The average Bonchev–Trinajstić information content (AvgIpc) is 3.49. The fraction of sp³-hybridized carbons (Fsp3) is 0.658. The lowest BCUT2D eigenvalue weighted by Crippen LogP contribution is -2.63. The first-order valence-electron chi connectivity index (χ1n) is 17.0. The van der Waals surface area contributed by atoms with Crippen LogP contribution in [0, 0.1) is 23.2 Å². The molecule has 3 heterocycles. The van der Waals surface area contributed by atoms with Gasteiger partial charge in [0.25, 0.3) is 0 Å². The van der Waals surface area contributed by atoms with Gasteiger partial charge in [0, 0.05) is 25.2 Å². The van der Waals surface area contributed by atoms with Gasteiger partial charge in [-0.25, -0.2) is 0 Å². The molecule has 3 saturated heterocycles. The number of likely N-dealkylation sites (tertiary alicyclic amines) is 1. The molecule has 46 heavy (non-hydrogen) atoms. The predicted octanol–water partition coefficient (Wildman–Crippen LogP) is 5.25. The first kappa shape index (κ1) is 35.9. The van der Waals surface area contributed by atoms with Crippen molar-refractivity contribution in [2.45, 2.75) is 110 Å². The average molecular weight is 636 g/mol. The summed E-state index contributed by atoms with van der Waals surface area (Å²) in [6.07, 6.45) is 5.76. The van der Waals surface area contributed by atoms with Crippen molar-refractivity contribution in [3.05, 3.63) is 61.2 Å². The molecule has 1 aromatic rings. The van der Waals surface area contributed by atoms with Crippen LogP contribution in [0.2, 0.25) is 0 Å². The van der Waals surface area contributed by atoms with Crippen LogP contribution >= 0.6 is 0 Å². The number of ether oxygens (including phenoxy) is 1. The van der Waals surface area contributed by atoms with Crippen molar-refractivity contribution < 1.29 is 24.2 Å². The van der Waals surface area contributed by atoms with Gasteiger partial charge in [-0.05, 0) is 63.4 Å². The molecule has 8 heteroatoms. The number of hydrogen-bond donors (Lipinski definition) is 1. The van der Waals surface area contributed by atoms with Gasteiger partial charge in [-0.3, -0.25) is 14.4 Å². The molecule has 8 nitrogen and oxygen atoms in total. The Hall–Kier alpha value is -2.97. The van der Waals surface area contributed by atoms with Crippen LogP contribution < -0.4 is 0 Å². The molecule has 4 rings (SSSR count). The summed E-state index contributed by atoms with van der Waals surface area (Å²) >= 11 is 0. The van der Waals surface area contributed by atoms with Crippen LogP contribution in [-0.4, -0.2) is 92.6 Å². The number of carbonyl (C=O) groups excluding carboxylic acids is 3. The van der Waals surface area contributed by atoms with Crippen molar-refractivity contribution in [3.63, 3.8) is 0 Å². The van der Waals surface area contributed by atoms with Gasteiger partial charge in [-0.1, -0.05) is 77.1 Å². The second kappa shape index (κ2) is 13.3. The molecule has 0 aromatic heterocycles. The van der Waals surface area contributed by atoms with Gasteiger partial charge in [0.05, 0.1) is 30.1 Å². The number of benzene rings is 1. The molecule has 1 aromatic carbocycles. The highest BCUT2D eigenvalue weighted by Gasteiger charge is 2.80. The maximum absolute atomic E-state index is 15.3. The summed E-state index contributed by atoms with van der Waals surface area (Å²) in [5, 5.41) is 10.9. The third kappa shape index (κ3) is 6.19. The van der Waals surface area contributed by atoms with Gasteiger partial charge in [0.1, 0.15) is 11.6 Å². The molecule has 3 aliphatic rings. The summed E-state index contributed by atoms with van der Waals surface area (Å²) in [4.78, 5) is 50.0. The molecule has 0 radical (unpaired) electrons. The van der Waals surface area contributed by atoms with E-state index in [1.54, 1.807) is 22.0 Å². The normalized spacial score (nSPS) is 29.4. The lowest BCUT2D eigenvalue weighted by molar-refractivity contribution is -0.160. The molecule has 7 atom stereocenters. The molecule has 1 spiro atoms. The zero-order valence-electron chi connectivity index (χ0n) is 29.4. The monoisotopic (exact) mass is 635 g/mol. The molecule has 1 N–H and O–H groups in total. The lowest BCUT2D eigenvalue weighted by atomic mass is 9.62. The molecular weight excluding hydrogens is 578 g/mol. The van der Waals surface area contributed by atoms with Gasteiger partial charge in [-0.2, -0.15) is 0 Å². The molecule has 0 aliphatic carbocycles. The maximum atomic E-state index is 15.3. The number of amides is 3. The Balaban J connectivity index is 1.90. The quantitative estimate of drug-likeness (QED) is 0.282. The fourth-order valence-electron chi connectivity index (χ4n) is 9.08. The third-order valence-corrected chi connectivity index (χ3v) is 10.6. The van der Waals surface area contributed by atoms with Crippen LogP contribution in [-0.2, 0) is 25.5 Å². The summed E-state index contributed by atoms with van der Waals surface area (Å²) in [6, 6.07) is 8.02. The molecule has 254 valence electrons. The zero-order chi connectivity index (χ0) is 34.2. The van der Waals surface area contributed by atoms with Crippen molar-refractivity contribution >= 4 is 17.7 Å². The number of rotatable bonds is 14. The molecular formula is C38H57N3O5. The second-order valence-corrected chi connectivity index (χ2v) is 15.8. The SMILES string of the molecule is C=CCN(CCC)C(=O)[C@@H]1[C@H]2C(=O)N([C@@H](CO)Cc3ccccc3)C(C(=O)N(CC=C)C(C)(C)CC(C)(C)C)C23CC(C)[C@@]1(C)O3. The van der Waals surface area contributed by atoms with E-state index >= 15 is 4.79 Å². The Morgan fingerprint density at radius 2 is 1.74 bits per heavy atom. The minimum Gasteiger partial charge on any atom is -0.394 e. The fourth-order valence-corrected chi connectivity index (χ4v) is 9.08.